The highest BCUT2D eigenvalue weighted by atomic mass is 16.5. The molecule has 0 saturated carbocycles. The molecule has 3 N–H and O–H groups in total. The third-order valence-corrected chi connectivity index (χ3v) is 3.22. The van der Waals surface area contributed by atoms with Crippen molar-refractivity contribution < 1.29 is 14.2 Å². The van der Waals surface area contributed by atoms with Crippen LogP contribution in [0.5, 0.6) is 17.2 Å². The van der Waals surface area contributed by atoms with Crippen LogP contribution in [0, 0.1) is 0 Å². The molecule has 22 heavy (non-hydrogen) atoms. The number of benzene rings is 2. The molecule has 116 valence electrons. The van der Waals surface area contributed by atoms with Crippen LogP contribution in [0.1, 0.15) is 11.1 Å². The number of nitrogens with one attached hydrogen (secondary N) is 1. The molecule has 0 saturated heterocycles. The van der Waals surface area contributed by atoms with E-state index in [-0.39, 0.29) is 0 Å². The molecule has 0 radical (unpaired) electrons. The Morgan fingerprint density at radius 3 is 2.00 bits per heavy atom. The van der Waals surface area contributed by atoms with Gasteiger partial charge in [-0.3, -0.25) is 5.84 Å². The van der Waals surface area contributed by atoms with Crippen molar-refractivity contribution in [1.82, 2.24) is 0 Å². The Hall–Kier alpha value is -2.66. The summed E-state index contributed by atoms with van der Waals surface area (Å²) in [6.07, 6.45) is 3.96. The van der Waals surface area contributed by atoms with Crippen molar-refractivity contribution in [2.75, 3.05) is 26.8 Å². The Morgan fingerprint density at radius 1 is 0.818 bits per heavy atom. The lowest BCUT2D eigenvalue weighted by molar-refractivity contribution is 0.394. The van der Waals surface area contributed by atoms with Crippen molar-refractivity contribution >= 4 is 17.8 Å². The van der Waals surface area contributed by atoms with E-state index in [0.717, 1.165) is 28.3 Å². The Labute approximate surface area is 130 Å². The first kappa shape index (κ1) is 15.7. The normalized spacial score (nSPS) is 10.5. The molecule has 0 aliphatic rings. The largest absolute Gasteiger partial charge is 0.497 e. The standard InChI is InChI=1S/C17H20N2O3/c1-20-14-8-13(9-15(11-14)21-2)5-4-12-6-7-17(22-3)16(10-12)19-18/h4-11,19H,18H2,1-3H3/b5-4-. The van der Waals surface area contributed by atoms with Gasteiger partial charge in [-0.2, -0.15) is 0 Å². The fourth-order valence-electron chi connectivity index (χ4n) is 2.06. The van der Waals surface area contributed by atoms with Crippen LogP contribution in [0.25, 0.3) is 12.2 Å². The smallest absolute Gasteiger partial charge is 0.143 e. The van der Waals surface area contributed by atoms with Crippen LogP contribution in [-0.2, 0) is 0 Å². The molecule has 0 spiro atoms. The second-order valence-electron chi connectivity index (χ2n) is 4.58. The van der Waals surface area contributed by atoms with Gasteiger partial charge in [-0.1, -0.05) is 18.2 Å². The van der Waals surface area contributed by atoms with Crippen LogP contribution < -0.4 is 25.5 Å². The minimum absolute atomic E-state index is 0.697. The monoisotopic (exact) mass is 300 g/mol. The summed E-state index contributed by atoms with van der Waals surface area (Å²) < 4.78 is 15.7. The first-order valence-corrected chi connectivity index (χ1v) is 6.76. The van der Waals surface area contributed by atoms with Crippen LogP contribution >= 0.6 is 0 Å². The Balaban J connectivity index is 2.28. The van der Waals surface area contributed by atoms with Crippen LogP contribution in [0.2, 0.25) is 0 Å². The van der Waals surface area contributed by atoms with Gasteiger partial charge in [-0.15, -0.1) is 0 Å². The second-order valence-corrected chi connectivity index (χ2v) is 4.58. The summed E-state index contributed by atoms with van der Waals surface area (Å²) >= 11 is 0. The van der Waals surface area contributed by atoms with Gasteiger partial charge < -0.3 is 19.6 Å². The number of hydrazine groups is 1. The van der Waals surface area contributed by atoms with Gasteiger partial charge in [0.25, 0.3) is 0 Å². The molecule has 5 nitrogen and oxygen atoms in total. The number of methoxy groups -OCH3 is 3. The van der Waals surface area contributed by atoms with Crippen molar-refractivity contribution in [2.24, 2.45) is 5.84 Å². The highest BCUT2D eigenvalue weighted by molar-refractivity contribution is 5.74. The van der Waals surface area contributed by atoms with Gasteiger partial charge in [0.2, 0.25) is 0 Å². The molecule has 0 heterocycles. The van der Waals surface area contributed by atoms with Crippen LogP contribution in [-0.4, -0.2) is 21.3 Å². The third-order valence-electron chi connectivity index (χ3n) is 3.22. The lowest BCUT2D eigenvalue weighted by Crippen LogP contribution is -2.08. The fourth-order valence-corrected chi connectivity index (χ4v) is 2.06. The van der Waals surface area contributed by atoms with Gasteiger partial charge >= 0.3 is 0 Å². The van der Waals surface area contributed by atoms with Crippen molar-refractivity contribution in [1.29, 1.82) is 0 Å². The zero-order chi connectivity index (χ0) is 15.9. The average Bonchev–Trinajstić information content (AvgIpc) is 2.59. The maximum absolute atomic E-state index is 5.49. The number of rotatable bonds is 6. The number of hydrogen-bond donors (Lipinski definition) is 2. The molecule has 0 aliphatic heterocycles. The molecular formula is C17H20N2O3. The van der Waals surface area contributed by atoms with E-state index >= 15 is 0 Å². The van der Waals surface area contributed by atoms with Crippen LogP contribution in [0.15, 0.2) is 36.4 Å². The average molecular weight is 300 g/mol. The maximum Gasteiger partial charge on any atom is 0.143 e. The molecule has 0 bridgehead atoms. The quantitative estimate of drug-likeness (QED) is 0.487. The number of ether oxygens (including phenoxy) is 3. The van der Waals surface area contributed by atoms with Gasteiger partial charge in [0, 0.05) is 6.07 Å². The molecule has 5 heteroatoms. The van der Waals surface area contributed by atoms with Crippen molar-refractivity contribution in [3.05, 3.63) is 47.5 Å². The SMILES string of the molecule is COc1cc(/C=C\c2ccc(OC)c(NN)c2)cc(OC)c1. The minimum Gasteiger partial charge on any atom is -0.497 e. The third kappa shape index (κ3) is 3.71. The number of anilines is 1. The van der Waals surface area contributed by atoms with Gasteiger partial charge in [-0.05, 0) is 35.4 Å². The predicted molar refractivity (Wildman–Crippen MR) is 89.3 cm³/mol. The van der Waals surface area contributed by atoms with Crippen LogP contribution in [0.3, 0.4) is 0 Å². The molecular weight excluding hydrogens is 280 g/mol. The summed E-state index contributed by atoms with van der Waals surface area (Å²) in [6, 6.07) is 11.4. The van der Waals surface area contributed by atoms with E-state index in [9.17, 15) is 0 Å². The first-order valence-electron chi connectivity index (χ1n) is 6.76. The number of nitrogens with two attached hydrogens (primary N) is 1. The predicted octanol–water partition coefficient (Wildman–Crippen LogP) is 3.17. The molecule has 0 atom stereocenters. The summed E-state index contributed by atoms with van der Waals surface area (Å²) in [7, 11) is 4.87. The van der Waals surface area contributed by atoms with Gasteiger partial charge in [0.15, 0.2) is 0 Å². The summed E-state index contributed by atoms with van der Waals surface area (Å²) in [5.41, 5.74) is 5.33. The lowest BCUT2D eigenvalue weighted by Gasteiger charge is -2.08. The Kier molecular flexibility index (Phi) is 5.27. The van der Waals surface area contributed by atoms with Crippen molar-refractivity contribution in [3.8, 4) is 17.2 Å². The number of nitrogen functional groups attached to an aromatic ring is 1. The zero-order valence-electron chi connectivity index (χ0n) is 12.9. The van der Waals surface area contributed by atoms with Crippen molar-refractivity contribution in [3.63, 3.8) is 0 Å². The second kappa shape index (κ2) is 7.38. The Bertz CT molecular complexity index is 647. The van der Waals surface area contributed by atoms with Crippen molar-refractivity contribution in [2.45, 2.75) is 0 Å². The Morgan fingerprint density at radius 2 is 1.45 bits per heavy atom. The molecule has 0 amide bonds. The van der Waals surface area contributed by atoms with E-state index < -0.39 is 0 Å². The van der Waals surface area contributed by atoms with E-state index in [4.69, 9.17) is 20.1 Å². The molecule has 0 aliphatic carbocycles. The topological polar surface area (TPSA) is 65.7 Å². The minimum atomic E-state index is 0.697. The highest BCUT2D eigenvalue weighted by Gasteiger charge is 2.02. The van der Waals surface area contributed by atoms with E-state index in [1.807, 2.05) is 48.6 Å². The van der Waals surface area contributed by atoms with E-state index in [1.165, 1.54) is 0 Å². The van der Waals surface area contributed by atoms with Crippen LogP contribution in [0.4, 0.5) is 5.69 Å². The molecule has 0 fully saturated rings. The van der Waals surface area contributed by atoms with E-state index in [1.54, 1.807) is 21.3 Å². The lowest BCUT2D eigenvalue weighted by atomic mass is 10.1. The highest BCUT2D eigenvalue weighted by Crippen LogP contribution is 2.27. The zero-order valence-corrected chi connectivity index (χ0v) is 12.9. The summed E-state index contributed by atoms with van der Waals surface area (Å²) in [5, 5.41) is 0. The number of hydrogen-bond acceptors (Lipinski definition) is 5. The molecule has 2 rings (SSSR count). The van der Waals surface area contributed by atoms with Gasteiger partial charge in [-0.25, -0.2) is 0 Å². The van der Waals surface area contributed by atoms with Gasteiger partial charge in [0.1, 0.15) is 17.2 Å². The van der Waals surface area contributed by atoms with E-state index in [0.29, 0.717) is 5.75 Å². The fraction of sp³-hybridized carbons (Fsp3) is 0.176. The molecule has 2 aromatic carbocycles. The first-order chi connectivity index (χ1) is 10.7. The summed E-state index contributed by atoms with van der Waals surface area (Å²) in [6.45, 7) is 0. The molecule has 0 unspecified atom stereocenters. The van der Waals surface area contributed by atoms with E-state index in [2.05, 4.69) is 5.43 Å². The molecule has 0 aromatic heterocycles. The maximum atomic E-state index is 5.49. The molecule has 2 aromatic rings. The van der Waals surface area contributed by atoms with Gasteiger partial charge in [0.05, 0.1) is 27.0 Å². The summed E-state index contributed by atoms with van der Waals surface area (Å²) in [5.74, 6) is 7.68. The summed E-state index contributed by atoms with van der Waals surface area (Å²) in [4.78, 5) is 0.